The Morgan fingerprint density at radius 1 is 1.14 bits per heavy atom. The minimum Gasteiger partial charge on any atom is -0.432 e. The Kier molecular flexibility index (Phi) is 7.31. The molecule has 2 aliphatic heterocycles. The van der Waals surface area contributed by atoms with Gasteiger partial charge in [-0.2, -0.15) is 0 Å². The van der Waals surface area contributed by atoms with Crippen LogP contribution in [0, 0.1) is 12.3 Å². The SMILES string of the molecule is Cc1nc2c(CCc3ccc(C(=N)N)cc3)c(OC(=O)NN3CCC(N4C(=O)OC5(CCCC5)C4=O)CC3)ccc2[nH]1. The predicted molar refractivity (Wildman–Crippen MR) is 154 cm³/mol. The average molecular weight is 574 g/mol. The first kappa shape index (κ1) is 27.7. The summed E-state index contributed by atoms with van der Waals surface area (Å²) in [5.74, 6) is 1.01. The Hall–Kier alpha value is -4.45. The number of ether oxygens (including phenoxy) is 2. The van der Waals surface area contributed by atoms with Crippen molar-refractivity contribution in [2.24, 2.45) is 5.73 Å². The zero-order chi connectivity index (χ0) is 29.4. The molecule has 3 heterocycles. The third-order valence-electron chi connectivity index (χ3n) is 8.54. The van der Waals surface area contributed by atoms with Gasteiger partial charge in [0.2, 0.25) is 0 Å². The lowest BCUT2D eigenvalue weighted by atomic mass is 9.98. The van der Waals surface area contributed by atoms with E-state index in [0.717, 1.165) is 40.8 Å². The molecule has 1 aliphatic carbocycles. The van der Waals surface area contributed by atoms with Crippen LogP contribution in [0.15, 0.2) is 36.4 Å². The van der Waals surface area contributed by atoms with Gasteiger partial charge in [-0.05, 0) is 76.0 Å². The summed E-state index contributed by atoms with van der Waals surface area (Å²) in [5, 5.41) is 9.34. The highest BCUT2D eigenvalue weighted by Gasteiger charge is 2.57. The lowest BCUT2D eigenvalue weighted by Crippen LogP contribution is -2.53. The number of amidine groups is 1. The number of imidazole rings is 1. The van der Waals surface area contributed by atoms with E-state index in [4.69, 9.17) is 20.6 Å². The zero-order valence-corrected chi connectivity index (χ0v) is 23.6. The second kappa shape index (κ2) is 11.1. The molecule has 0 atom stereocenters. The van der Waals surface area contributed by atoms with Crippen LogP contribution in [0.3, 0.4) is 0 Å². The molecule has 12 nitrogen and oxygen atoms in total. The van der Waals surface area contributed by atoms with Crippen molar-refractivity contribution in [2.45, 2.75) is 69.9 Å². The van der Waals surface area contributed by atoms with Crippen LogP contribution < -0.4 is 15.9 Å². The molecule has 3 fully saturated rings. The van der Waals surface area contributed by atoms with Gasteiger partial charge < -0.3 is 20.2 Å². The molecular weight excluding hydrogens is 538 g/mol. The predicted octanol–water partition coefficient (Wildman–Crippen LogP) is 3.70. The monoisotopic (exact) mass is 573 g/mol. The van der Waals surface area contributed by atoms with Gasteiger partial charge in [0.15, 0.2) is 5.60 Å². The van der Waals surface area contributed by atoms with E-state index in [0.29, 0.717) is 62.9 Å². The molecule has 42 heavy (non-hydrogen) atoms. The average Bonchev–Trinajstić information content (AvgIpc) is 3.66. The molecule has 5 N–H and O–H groups in total. The van der Waals surface area contributed by atoms with Gasteiger partial charge in [-0.15, -0.1) is 0 Å². The highest BCUT2D eigenvalue weighted by atomic mass is 16.6. The molecule has 0 unspecified atom stereocenters. The fourth-order valence-corrected chi connectivity index (χ4v) is 6.32. The number of H-pyrrole nitrogens is 1. The summed E-state index contributed by atoms with van der Waals surface area (Å²) in [4.78, 5) is 47.8. The number of rotatable bonds is 7. The molecule has 2 aromatic carbocycles. The molecule has 220 valence electrons. The van der Waals surface area contributed by atoms with Gasteiger partial charge >= 0.3 is 12.2 Å². The van der Waals surface area contributed by atoms with Crippen LogP contribution in [-0.2, 0) is 22.4 Å². The second-order valence-corrected chi connectivity index (χ2v) is 11.3. The molecule has 6 rings (SSSR count). The van der Waals surface area contributed by atoms with Crippen molar-refractivity contribution in [1.82, 2.24) is 25.3 Å². The zero-order valence-electron chi connectivity index (χ0n) is 23.6. The summed E-state index contributed by atoms with van der Waals surface area (Å²) in [7, 11) is 0. The number of nitrogens with two attached hydrogens (primary N) is 1. The lowest BCUT2D eigenvalue weighted by Gasteiger charge is -2.34. The van der Waals surface area contributed by atoms with E-state index in [1.807, 2.05) is 37.3 Å². The summed E-state index contributed by atoms with van der Waals surface area (Å²) in [5.41, 5.74) is 11.6. The number of aromatic amines is 1. The highest BCUT2D eigenvalue weighted by Crippen LogP contribution is 2.41. The van der Waals surface area contributed by atoms with Crippen LogP contribution in [0.5, 0.6) is 5.75 Å². The normalized spacial score (nSPS) is 19.0. The van der Waals surface area contributed by atoms with Crippen molar-refractivity contribution in [3.8, 4) is 5.75 Å². The number of amides is 3. The molecular formula is C30H35N7O5. The molecule has 12 heteroatoms. The lowest BCUT2D eigenvalue weighted by molar-refractivity contribution is -0.138. The largest absolute Gasteiger partial charge is 0.432 e. The van der Waals surface area contributed by atoms with Gasteiger partial charge in [0.1, 0.15) is 17.4 Å². The molecule has 3 amide bonds. The smallest absolute Gasteiger partial charge is 0.427 e. The Bertz CT molecular complexity index is 1540. The Morgan fingerprint density at radius 2 is 1.86 bits per heavy atom. The number of carbonyl (C=O) groups excluding carboxylic acids is 3. The fourth-order valence-electron chi connectivity index (χ4n) is 6.32. The maximum absolute atomic E-state index is 13.1. The third-order valence-corrected chi connectivity index (χ3v) is 8.54. The number of imide groups is 1. The molecule has 3 aliphatic rings. The second-order valence-electron chi connectivity index (χ2n) is 11.3. The maximum atomic E-state index is 13.1. The van der Waals surface area contributed by atoms with Gasteiger partial charge in [0.05, 0.1) is 11.0 Å². The molecule has 1 aromatic heterocycles. The number of nitrogens with one attached hydrogen (secondary N) is 3. The van der Waals surface area contributed by atoms with Crippen molar-refractivity contribution in [1.29, 1.82) is 5.41 Å². The van der Waals surface area contributed by atoms with Crippen LogP contribution in [0.4, 0.5) is 9.59 Å². The topological polar surface area (TPSA) is 167 Å². The van der Waals surface area contributed by atoms with E-state index < -0.39 is 17.8 Å². The van der Waals surface area contributed by atoms with Crippen molar-refractivity contribution in [3.63, 3.8) is 0 Å². The number of nitrogen functional groups attached to an aromatic ring is 1. The van der Waals surface area contributed by atoms with Gasteiger partial charge in [0, 0.05) is 30.3 Å². The van der Waals surface area contributed by atoms with Crippen molar-refractivity contribution < 1.29 is 23.9 Å². The first-order chi connectivity index (χ1) is 20.2. The van der Waals surface area contributed by atoms with E-state index in [2.05, 4.69) is 15.4 Å². The van der Waals surface area contributed by atoms with E-state index in [9.17, 15) is 14.4 Å². The Morgan fingerprint density at radius 3 is 2.55 bits per heavy atom. The minimum atomic E-state index is -0.958. The number of benzene rings is 2. The Labute approximate surface area is 243 Å². The van der Waals surface area contributed by atoms with Gasteiger partial charge in [-0.1, -0.05) is 24.3 Å². The summed E-state index contributed by atoms with van der Waals surface area (Å²) < 4.78 is 11.4. The van der Waals surface area contributed by atoms with Crippen LogP contribution in [0.2, 0.25) is 0 Å². The summed E-state index contributed by atoms with van der Waals surface area (Å²) >= 11 is 0. The molecule has 0 radical (unpaired) electrons. The summed E-state index contributed by atoms with van der Waals surface area (Å²) in [6.45, 7) is 2.80. The third kappa shape index (κ3) is 5.29. The van der Waals surface area contributed by atoms with Crippen molar-refractivity contribution >= 4 is 35.0 Å². The Balaban J connectivity index is 1.09. The summed E-state index contributed by atoms with van der Waals surface area (Å²) in [6.07, 6.45) is 4.13. The first-order valence-corrected chi connectivity index (χ1v) is 14.4. The van der Waals surface area contributed by atoms with Gasteiger partial charge in [-0.25, -0.2) is 24.5 Å². The van der Waals surface area contributed by atoms with Crippen molar-refractivity contribution in [2.75, 3.05) is 13.1 Å². The number of fused-ring (bicyclic) bond motifs is 1. The molecule has 1 saturated carbocycles. The van der Waals surface area contributed by atoms with E-state index >= 15 is 0 Å². The highest BCUT2D eigenvalue weighted by molar-refractivity contribution is 6.03. The van der Waals surface area contributed by atoms with E-state index in [1.54, 1.807) is 11.1 Å². The van der Waals surface area contributed by atoms with E-state index in [1.165, 1.54) is 4.90 Å². The first-order valence-electron chi connectivity index (χ1n) is 14.4. The fraction of sp³-hybridized carbons (Fsp3) is 0.433. The number of hydrazine groups is 1. The van der Waals surface area contributed by atoms with Gasteiger partial charge in [-0.3, -0.25) is 15.6 Å². The molecule has 2 saturated heterocycles. The number of nitrogens with zero attached hydrogens (tertiary/aromatic N) is 3. The molecule has 3 aromatic rings. The number of aromatic nitrogens is 2. The van der Waals surface area contributed by atoms with Crippen LogP contribution in [0.25, 0.3) is 11.0 Å². The van der Waals surface area contributed by atoms with Crippen molar-refractivity contribution in [3.05, 3.63) is 58.9 Å². The van der Waals surface area contributed by atoms with Crippen LogP contribution >= 0.6 is 0 Å². The standard InChI is InChI=1S/C30H35N7O5/c1-18-33-23-10-11-24(22(25(23)34-18)9-6-19-4-7-20(8-5-19)26(31)32)41-28(39)35-36-16-12-21(13-17-36)37-27(38)30(42-29(37)40)14-2-3-15-30/h4-5,7-8,10-11,21H,2-3,6,9,12-17H2,1H3,(H3,31,32)(H,33,34)(H,35,39). The number of aryl methyl sites for hydroxylation is 3. The quantitative estimate of drug-likeness (QED) is 0.245. The van der Waals surface area contributed by atoms with Crippen LogP contribution in [0.1, 0.15) is 61.0 Å². The number of carbonyl (C=O) groups is 3. The molecule has 0 bridgehead atoms. The van der Waals surface area contributed by atoms with E-state index in [-0.39, 0.29) is 17.8 Å². The number of hydrogen-bond donors (Lipinski definition) is 4. The molecule has 1 spiro atoms. The minimum absolute atomic E-state index is 0.0220. The van der Waals surface area contributed by atoms with Gasteiger partial charge in [0.25, 0.3) is 5.91 Å². The maximum Gasteiger partial charge on any atom is 0.427 e. The number of piperidine rings is 1. The van der Waals surface area contributed by atoms with Crippen LogP contribution in [-0.4, -0.2) is 68.5 Å². The summed E-state index contributed by atoms with van der Waals surface area (Å²) in [6, 6.07) is 10.9. The number of hydrogen-bond acceptors (Lipinski definition) is 8.